The summed E-state index contributed by atoms with van der Waals surface area (Å²) in [5, 5.41) is 4.15. The van der Waals surface area contributed by atoms with Crippen LogP contribution in [-0.2, 0) is 6.54 Å². The molecule has 0 bridgehead atoms. The standard InChI is InChI=1S/C10H12ClN5O/c1-6-3-7(15-17-6)4-16(2)10-8(12)9(11)13-5-14-10/h3,5H,4,12H2,1-2H3. The molecule has 0 fully saturated rings. The van der Waals surface area contributed by atoms with Crippen LogP contribution in [0, 0.1) is 6.92 Å². The number of hydrogen-bond acceptors (Lipinski definition) is 6. The molecule has 0 aliphatic carbocycles. The molecule has 0 saturated heterocycles. The number of nitrogen functional groups attached to an aromatic ring is 1. The van der Waals surface area contributed by atoms with Crippen LogP contribution >= 0.6 is 11.6 Å². The zero-order valence-electron chi connectivity index (χ0n) is 9.51. The summed E-state index contributed by atoms with van der Waals surface area (Å²) in [5.41, 5.74) is 6.96. The highest BCUT2D eigenvalue weighted by Gasteiger charge is 2.12. The van der Waals surface area contributed by atoms with Crippen molar-refractivity contribution in [1.29, 1.82) is 0 Å². The Morgan fingerprint density at radius 2 is 2.24 bits per heavy atom. The van der Waals surface area contributed by atoms with E-state index >= 15 is 0 Å². The lowest BCUT2D eigenvalue weighted by molar-refractivity contribution is 0.390. The molecule has 0 amide bonds. The fraction of sp³-hybridized carbons (Fsp3) is 0.300. The Morgan fingerprint density at radius 3 is 2.88 bits per heavy atom. The van der Waals surface area contributed by atoms with Gasteiger partial charge in [0, 0.05) is 13.1 Å². The normalized spacial score (nSPS) is 10.5. The van der Waals surface area contributed by atoms with Crippen molar-refractivity contribution in [1.82, 2.24) is 15.1 Å². The molecule has 2 rings (SSSR count). The Kier molecular flexibility index (Phi) is 3.14. The minimum atomic E-state index is 0.248. The SMILES string of the molecule is Cc1cc(CN(C)c2ncnc(Cl)c2N)no1. The van der Waals surface area contributed by atoms with Gasteiger partial charge in [0.05, 0.1) is 6.54 Å². The van der Waals surface area contributed by atoms with Gasteiger partial charge in [-0.25, -0.2) is 9.97 Å². The zero-order valence-corrected chi connectivity index (χ0v) is 10.3. The quantitative estimate of drug-likeness (QED) is 0.838. The van der Waals surface area contributed by atoms with Crippen molar-refractivity contribution in [2.45, 2.75) is 13.5 Å². The van der Waals surface area contributed by atoms with Gasteiger partial charge in [-0.05, 0) is 6.92 Å². The second-order valence-electron chi connectivity index (χ2n) is 3.69. The number of halogens is 1. The highest BCUT2D eigenvalue weighted by molar-refractivity contribution is 6.32. The number of nitrogens with two attached hydrogens (primary N) is 1. The van der Waals surface area contributed by atoms with Crippen LogP contribution in [0.2, 0.25) is 5.15 Å². The molecule has 2 N–H and O–H groups in total. The molecular weight excluding hydrogens is 242 g/mol. The van der Waals surface area contributed by atoms with Crippen LogP contribution in [-0.4, -0.2) is 22.2 Å². The van der Waals surface area contributed by atoms with E-state index < -0.39 is 0 Å². The van der Waals surface area contributed by atoms with Gasteiger partial charge >= 0.3 is 0 Å². The largest absolute Gasteiger partial charge is 0.393 e. The topological polar surface area (TPSA) is 81.1 Å². The molecule has 0 spiro atoms. The van der Waals surface area contributed by atoms with Crippen LogP contribution in [0.4, 0.5) is 11.5 Å². The van der Waals surface area contributed by atoms with Crippen LogP contribution in [0.5, 0.6) is 0 Å². The first-order valence-corrected chi connectivity index (χ1v) is 5.35. The predicted octanol–water partition coefficient (Wildman–Crippen LogP) is 1.65. The summed E-state index contributed by atoms with van der Waals surface area (Å²) in [4.78, 5) is 9.72. The number of hydrogen-bond donors (Lipinski definition) is 1. The molecular formula is C10H12ClN5O. The maximum Gasteiger partial charge on any atom is 0.157 e. The lowest BCUT2D eigenvalue weighted by atomic mass is 10.3. The van der Waals surface area contributed by atoms with Crippen LogP contribution in [0.25, 0.3) is 0 Å². The molecule has 2 aromatic rings. The Bertz CT molecular complexity index is 527. The van der Waals surface area contributed by atoms with Gasteiger partial charge in [0.25, 0.3) is 0 Å². The third kappa shape index (κ3) is 2.47. The van der Waals surface area contributed by atoms with Gasteiger partial charge in [-0.15, -0.1) is 0 Å². The monoisotopic (exact) mass is 253 g/mol. The predicted molar refractivity (Wildman–Crippen MR) is 64.8 cm³/mol. The van der Waals surface area contributed by atoms with Crippen molar-refractivity contribution in [3.63, 3.8) is 0 Å². The molecule has 0 unspecified atom stereocenters. The number of nitrogens with zero attached hydrogens (tertiary/aromatic N) is 4. The van der Waals surface area contributed by atoms with Crippen molar-refractivity contribution in [3.8, 4) is 0 Å². The minimum Gasteiger partial charge on any atom is -0.393 e. The van der Waals surface area contributed by atoms with E-state index in [2.05, 4.69) is 15.1 Å². The molecule has 6 nitrogen and oxygen atoms in total. The van der Waals surface area contributed by atoms with E-state index in [-0.39, 0.29) is 5.15 Å². The molecule has 0 aromatic carbocycles. The Morgan fingerprint density at radius 1 is 1.47 bits per heavy atom. The van der Waals surface area contributed by atoms with Gasteiger partial charge in [0.2, 0.25) is 0 Å². The highest BCUT2D eigenvalue weighted by Crippen LogP contribution is 2.25. The smallest absolute Gasteiger partial charge is 0.157 e. The molecule has 0 aliphatic heterocycles. The van der Waals surface area contributed by atoms with Gasteiger partial charge in [-0.3, -0.25) is 0 Å². The van der Waals surface area contributed by atoms with Crippen molar-refractivity contribution in [3.05, 3.63) is 29.0 Å². The molecule has 90 valence electrons. The lowest BCUT2D eigenvalue weighted by Gasteiger charge is -2.18. The van der Waals surface area contributed by atoms with E-state index in [1.54, 1.807) is 0 Å². The third-order valence-corrected chi connectivity index (χ3v) is 2.55. The number of aromatic nitrogens is 3. The Labute approximate surface area is 103 Å². The molecule has 0 radical (unpaired) electrons. The first-order valence-electron chi connectivity index (χ1n) is 4.97. The van der Waals surface area contributed by atoms with E-state index in [4.69, 9.17) is 21.9 Å². The summed E-state index contributed by atoms with van der Waals surface area (Å²) < 4.78 is 4.99. The highest BCUT2D eigenvalue weighted by atomic mass is 35.5. The lowest BCUT2D eigenvalue weighted by Crippen LogP contribution is -2.19. The third-order valence-electron chi connectivity index (χ3n) is 2.25. The van der Waals surface area contributed by atoms with Crippen molar-refractivity contribution in [2.24, 2.45) is 0 Å². The molecule has 17 heavy (non-hydrogen) atoms. The zero-order chi connectivity index (χ0) is 12.4. The Balaban J connectivity index is 2.20. The maximum atomic E-state index is 5.83. The summed E-state index contributed by atoms with van der Waals surface area (Å²) in [6.07, 6.45) is 1.37. The van der Waals surface area contributed by atoms with Crippen molar-refractivity contribution in [2.75, 3.05) is 17.7 Å². The summed E-state index contributed by atoms with van der Waals surface area (Å²) >= 11 is 5.83. The van der Waals surface area contributed by atoms with Crippen LogP contribution in [0.3, 0.4) is 0 Å². The summed E-state index contributed by atoms with van der Waals surface area (Å²) in [6, 6.07) is 1.86. The van der Waals surface area contributed by atoms with Gasteiger partial charge in [-0.1, -0.05) is 16.8 Å². The van der Waals surface area contributed by atoms with E-state index in [0.717, 1.165) is 11.5 Å². The second-order valence-corrected chi connectivity index (χ2v) is 4.04. The van der Waals surface area contributed by atoms with Gasteiger partial charge in [-0.2, -0.15) is 0 Å². The molecule has 2 aromatic heterocycles. The molecule has 0 atom stereocenters. The van der Waals surface area contributed by atoms with Gasteiger partial charge < -0.3 is 15.2 Å². The van der Waals surface area contributed by atoms with Gasteiger partial charge in [0.15, 0.2) is 11.0 Å². The fourth-order valence-electron chi connectivity index (χ4n) is 1.48. The van der Waals surface area contributed by atoms with E-state index in [1.807, 2.05) is 24.9 Å². The fourth-order valence-corrected chi connectivity index (χ4v) is 1.61. The summed E-state index contributed by atoms with van der Waals surface area (Å²) in [5.74, 6) is 1.34. The molecule has 0 aliphatic rings. The summed E-state index contributed by atoms with van der Waals surface area (Å²) in [6.45, 7) is 2.38. The van der Waals surface area contributed by atoms with Crippen LogP contribution < -0.4 is 10.6 Å². The van der Waals surface area contributed by atoms with E-state index in [0.29, 0.717) is 18.1 Å². The van der Waals surface area contributed by atoms with Crippen molar-refractivity contribution < 1.29 is 4.52 Å². The van der Waals surface area contributed by atoms with E-state index in [9.17, 15) is 0 Å². The minimum absolute atomic E-state index is 0.248. The molecule has 2 heterocycles. The molecule has 7 heteroatoms. The first kappa shape index (κ1) is 11.7. The van der Waals surface area contributed by atoms with Crippen LogP contribution in [0.15, 0.2) is 16.9 Å². The van der Waals surface area contributed by atoms with Gasteiger partial charge in [0.1, 0.15) is 23.5 Å². The average molecular weight is 254 g/mol. The second kappa shape index (κ2) is 4.58. The Hall–Kier alpha value is -1.82. The maximum absolute atomic E-state index is 5.83. The van der Waals surface area contributed by atoms with Crippen molar-refractivity contribution >= 4 is 23.1 Å². The number of anilines is 2. The van der Waals surface area contributed by atoms with Crippen LogP contribution in [0.1, 0.15) is 11.5 Å². The van der Waals surface area contributed by atoms with E-state index in [1.165, 1.54) is 6.33 Å². The summed E-state index contributed by atoms with van der Waals surface area (Å²) in [7, 11) is 1.85. The number of rotatable bonds is 3. The number of aryl methyl sites for hydroxylation is 1. The average Bonchev–Trinajstić information content (AvgIpc) is 2.68. The molecule has 0 saturated carbocycles. The first-order chi connectivity index (χ1) is 8.08.